The van der Waals surface area contributed by atoms with E-state index >= 15 is 0 Å². The minimum atomic E-state index is -0.513. The molecule has 0 aliphatic carbocycles. The van der Waals surface area contributed by atoms with Gasteiger partial charge in [0.15, 0.2) is 0 Å². The van der Waals surface area contributed by atoms with E-state index in [4.69, 9.17) is 4.74 Å². The number of H-pyrrole nitrogens is 1. The van der Waals surface area contributed by atoms with E-state index in [2.05, 4.69) is 20.9 Å². The van der Waals surface area contributed by atoms with Gasteiger partial charge in [-0.25, -0.2) is 9.59 Å². The van der Waals surface area contributed by atoms with Crippen LogP contribution in [0.5, 0.6) is 0 Å². The first-order valence-corrected chi connectivity index (χ1v) is 7.83. The molecule has 1 aromatic heterocycles. The number of ether oxygens (including phenoxy) is 1. The average Bonchev–Trinajstić information content (AvgIpc) is 3.04. The van der Waals surface area contributed by atoms with Crippen LogP contribution in [-0.4, -0.2) is 23.7 Å². The topological polar surface area (TPSA) is 95.2 Å². The van der Waals surface area contributed by atoms with Crippen molar-refractivity contribution in [2.45, 2.75) is 6.92 Å². The highest BCUT2D eigenvalue weighted by Crippen LogP contribution is 2.18. The third-order valence-corrected chi connectivity index (χ3v) is 3.48. The van der Waals surface area contributed by atoms with Crippen LogP contribution < -0.4 is 16.0 Å². The number of aromatic amines is 1. The van der Waals surface area contributed by atoms with Crippen molar-refractivity contribution in [2.24, 2.45) is 0 Å². The summed E-state index contributed by atoms with van der Waals surface area (Å²) in [5.74, 6) is 0. The molecule has 3 amide bonds. The Morgan fingerprint density at radius 3 is 2.28 bits per heavy atom. The second kappa shape index (κ2) is 7.39. The molecule has 7 nitrogen and oxygen atoms in total. The lowest BCUT2D eigenvalue weighted by atomic mass is 10.2. The van der Waals surface area contributed by atoms with E-state index < -0.39 is 6.09 Å². The number of urea groups is 1. The standard InChI is InChI=1S/C18H18N4O3/c1-2-25-18(24)22-14-7-5-13(6-8-14)20-17(23)21-15-4-3-12-9-10-19-16(12)11-15/h3-11,19H,2H2,1H3,(H,22,24)(H2,20,21,23). The molecule has 2 aromatic carbocycles. The third kappa shape index (κ3) is 4.29. The molecule has 0 saturated heterocycles. The summed E-state index contributed by atoms with van der Waals surface area (Å²) < 4.78 is 4.80. The lowest BCUT2D eigenvalue weighted by Gasteiger charge is -2.09. The number of anilines is 3. The van der Waals surface area contributed by atoms with E-state index in [-0.39, 0.29) is 6.03 Å². The second-order valence-corrected chi connectivity index (χ2v) is 5.28. The van der Waals surface area contributed by atoms with E-state index in [9.17, 15) is 9.59 Å². The van der Waals surface area contributed by atoms with Gasteiger partial charge in [-0.15, -0.1) is 0 Å². The van der Waals surface area contributed by atoms with E-state index in [0.717, 1.165) is 10.9 Å². The smallest absolute Gasteiger partial charge is 0.411 e. The Morgan fingerprint density at radius 2 is 1.56 bits per heavy atom. The van der Waals surface area contributed by atoms with E-state index in [0.29, 0.717) is 23.7 Å². The van der Waals surface area contributed by atoms with Gasteiger partial charge in [-0.05, 0) is 54.8 Å². The molecule has 3 rings (SSSR count). The van der Waals surface area contributed by atoms with Crippen molar-refractivity contribution in [1.29, 1.82) is 0 Å². The summed E-state index contributed by atoms with van der Waals surface area (Å²) in [6.45, 7) is 2.04. The van der Waals surface area contributed by atoms with Gasteiger partial charge in [0.25, 0.3) is 0 Å². The van der Waals surface area contributed by atoms with Crippen LogP contribution in [0.1, 0.15) is 6.92 Å². The Balaban J connectivity index is 1.57. The van der Waals surface area contributed by atoms with Gasteiger partial charge in [0, 0.05) is 28.8 Å². The zero-order valence-corrected chi connectivity index (χ0v) is 13.6. The van der Waals surface area contributed by atoms with Crippen LogP contribution in [0, 0.1) is 0 Å². The molecular formula is C18H18N4O3. The Bertz CT molecular complexity index is 887. The Labute approximate surface area is 144 Å². The first kappa shape index (κ1) is 16.4. The highest BCUT2D eigenvalue weighted by Gasteiger charge is 2.05. The summed E-state index contributed by atoms with van der Waals surface area (Å²) in [5, 5.41) is 9.17. The molecule has 0 spiro atoms. The van der Waals surface area contributed by atoms with Gasteiger partial charge in [-0.2, -0.15) is 0 Å². The summed E-state index contributed by atoms with van der Waals surface area (Å²) in [7, 11) is 0. The fourth-order valence-corrected chi connectivity index (χ4v) is 2.34. The maximum atomic E-state index is 12.1. The Kier molecular flexibility index (Phi) is 4.84. The summed E-state index contributed by atoms with van der Waals surface area (Å²) in [6.07, 6.45) is 1.33. The van der Waals surface area contributed by atoms with Gasteiger partial charge in [0.05, 0.1) is 6.61 Å². The second-order valence-electron chi connectivity index (χ2n) is 5.28. The van der Waals surface area contributed by atoms with Crippen LogP contribution in [0.15, 0.2) is 54.7 Å². The molecular weight excluding hydrogens is 320 g/mol. The predicted octanol–water partition coefficient (Wildman–Crippen LogP) is 4.38. The van der Waals surface area contributed by atoms with Gasteiger partial charge in [-0.3, -0.25) is 5.32 Å². The van der Waals surface area contributed by atoms with Crippen molar-refractivity contribution in [2.75, 3.05) is 22.6 Å². The van der Waals surface area contributed by atoms with Crippen molar-refractivity contribution >= 4 is 40.1 Å². The number of carbonyl (C=O) groups is 2. The van der Waals surface area contributed by atoms with Crippen molar-refractivity contribution in [3.05, 3.63) is 54.7 Å². The monoisotopic (exact) mass is 338 g/mol. The normalized spacial score (nSPS) is 10.3. The molecule has 0 saturated carbocycles. The van der Waals surface area contributed by atoms with Crippen molar-refractivity contribution in [3.63, 3.8) is 0 Å². The van der Waals surface area contributed by atoms with E-state index in [1.54, 1.807) is 31.2 Å². The summed E-state index contributed by atoms with van der Waals surface area (Å²) in [6, 6.07) is 14.0. The number of hydrogen-bond acceptors (Lipinski definition) is 3. The molecule has 0 bridgehead atoms. The van der Waals surface area contributed by atoms with E-state index in [1.807, 2.05) is 30.5 Å². The molecule has 7 heteroatoms. The predicted molar refractivity (Wildman–Crippen MR) is 98.0 cm³/mol. The molecule has 0 atom stereocenters. The first-order valence-electron chi connectivity index (χ1n) is 7.83. The van der Waals surface area contributed by atoms with Crippen LogP contribution >= 0.6 is 0 Å². The molecule has 3 aromatic rings. The largest absolute Gasteiger partial charge is 0.450 e. The van der Waals surface area contributed by atoms with Crippen LogP contribution in [0.2, 0.25) is 0 Å². The van der Waals surface area contributed by atoms with Crippen LogP contribution in [0.25, 0.3) is 10.9 Å². The Morgan fingerprint density at radius 1 is 0.920 bits per heavy atom. The van der Waals surface area contributed by atoms with Gasteiger partial charge in [0.1, 0.15) is 0 Å². The molecule has 25 heavy (non-hydrogen) atoms. The van der Waals surface area contributed by atoms with Crippen LogP contribution in [0.4, 0.5) is 26.7 Å². The first-order chi connectivity index (χ1) is 12.1. The number of aromatic nitrogens is 1. The zero-order chi connectivity index (χ0) is 17.6. The van der Waals surface area contributed by atoms with E-state index in [1.165, 1.54) is 0 Å². The molecule has 0 aliphatic rings. The SMILES string of the molecule is CCOC(=O)Nc1ccc(NC(=O)Nc2ccc3cc[nH]c3c2)cc1. The number of rotatable bonds is 4. The van der Waals surface area contributed by atoms with Crippen molar-refractivity contribution < 1.29 is 14.3 Å². The van der Waals surface area contributed by atoms with Gasteiger partial charge >= 0.3 is 12.1 Å². The zero-order valence-electron chi connectivity index (χ0n) is 13.6. The number of benzene rings is 2. The van der Waals surface area contributed by atoms with Gasteiger partial charge in [0.2, 0.25) is 0 Å². The molecule has 1 heterocycles. The fraction of sp³-hybridized carbons (Fsp3) is 0.111. The summed E-state index contributed by atoms with van der Waals surface area (Å²) in [5.41, 5.74) is 2.83. The third-order valence-electron chi connectivity index (χ3n) is 3.48. The maximum Gasteiger partial charge on any atom is 0.411 e. The highest BCUT2D eigenvalue weighted by atomic mass is 16.5. The molecule has 0 unspecified atom stereocenters. The average molecular weight is 338 g/mol. The minimum absolute atomic E-state index is 0.305. The van der Waals surface area contributed by atoms with Gasteiger partial charge in [-0.1, -0.05) is 6.07 Å². The molecule has 0 aliphatic heterocycles. The minimum Gasteiger partial charge on any atom is -0.450 e. The quantitative estimate of drug-likeness (QED) is 0.568. The summed E-state index contributed by atoms with van der Waals surface area (Å²) in [4.78, 5) is 26.5. The molecule has 128 valence electrons. The summed E-state index contributed by atoms with van der Waals surface area (Å²) >= 11 is 0. The lowest BCUT2D eigenvalue weighted by molar-refractivity contribution is 0.168. The lowest BCUT2D eigenvalue weighted by Crippen LogP contribution is -2.19. The van der Waals surface area contributed by atoms with Crippen LogP contribution in [0.3, 0.4) is 0 Å². The highest BCUT2D eigenvalue weighted by molar-refractivity contribution is 6.01. The van der Waals surface area contributed by atoms with Crippen molar-refractivity contribution in [1.82, 2.24) is 4.98 Å². The van der Waals surface area contributed by atoms with Gasteiger partial charge < -0.3 is 20.4 Å². The van der Waals surface area contributed by atoms with Crippen LogP contribution in [-0.2, 0) is 4.74 Å². The number of carbonyl (C=O) groups excluding carboxylic acids is 2. The number of hydrogen-bond donors (Lipinski definition) is 4. The maximum absolute atomic E-state index is 12.1. The number of nitrogens with one attached hydrogen (secondary N) is 4. The molecule has 0 fully saturated rings. The molecule has 4 N–H and O–H groups in total. The van der Waals surface area contributed by atoms with Crippen molar-refractivity contribution in [3.8, 4) is 0 Å². The Hall–Kier alpha value is -3.48. The fourth-order valence-electron chi connectivity index (χ4n) is 2.34. The molecule has 0 radical (unpaired) electrons. The number of fused-ring (bicyclic) bond motifs is 1. The number of amides is 3.